The molecule has 1 aromatic rings. The molecule has 0 spiro atoms. The molecule has 0 unspecified atom stereocenters. The fourth-order valence-corrected chi connectivity index (χ4v) is 2.80. The van der Waals surface area contributed by atoms with Crippen molar-refractivity contribution in [2.75, 3.05) is 17.3 Å². The highest BCUT2D eigenvalue weighted by Crippen LogP contribution is 2.15. The van der Waals surface area contributed by atoms with E-state index in [1.165, 1.54) is 18.3 Å². The lowest BCUT2D eigenvalue weighted by atomic mass is 10.2. The Morgan fingerprint density at radius 3 is 2.55 bits per heavy atom. The number of nitrogens with one attached hydrogen (secondary N) is 2. The minimum absolute atomic E-state index is 0.0224. The zero-order chi connectivity index (χ0) is 15.3. The molecule has 0 radical (unpaired) electrons. The Balaban J connectivity index is 2.71. The number of amides is 2. The van der Waals surface area contributed by atoms with E-state index in [0.717, 1.165) is 11.9 Å². The number of aromatic nitrogens is 1. The summed E-state index contributed by atoms with van der Waals surface area (Å²) in [6, 6.07) is -0.897. The van der Waals surface area contributed by atoms with Gasteiger partial charge in [0.05, 0.1) is 11.4 Å². The molecule has 0 aliphatic rings. The SMILES string of the molecule is CC(=O)N[C@@H](CCS(C)(=O)=O)C(=O)Nc1nc(C)cs1. The molecule has 1 atom stereocenters. The largest absolute Gasteiger partial charge is 0.345 e. The van der Waals surface area contributed by atoms with E-state index in [4.69, 9.17) is 0 Å². The second kappa shape index (κ2) is 6.80. The van der Waals surface area contributed by atoms with E-state index in [9.17, 15) is 18.0 Å². The zero-order valence-electron chi connectivity index (χ0n) is 11.5. The number of sulfone groups is 1. The summed E-state index contributed by atoms with van der Waals surface area (Å²) in [6.07, 6.45) is 1.11. The number of hydrogen-bond acceptors (Lipinski definition) is 6. The Hall–Kier alpha value is -1.48. The molecule has 1 aromatic heterocycles. The lowest BCUT2D eigenvalue weighted by Gasteiger charge is -2.16. The van der Waals surface area contributed by atoms with Crippen LogP contribution in [0.25, 0.3) is 0 Å². The van der Waals surface area contributed by atoms with Gasteiger partial charge in [0.2, 0.25) is 11.8 Å². The third-order valence-corrected chi connectivity index (χ3v) is 4.17. The molecule has 2 amide bonds. The van der Waals surface area contributed by atoms with Crippen molar-refractivity contribution in [2.24, 2.45) is 0 Å². The Kier molecular flexibility index (Phi) is 5.63. The minimum Gasteiger partial charge on any atom is -0.345 e. The number of aryl methyl sites for hydroxylation is 1. The fraction of sp³-hybridized carbons (Fsp3) is 0.545. The third-order valence-electron chi connectivity index (χ3n) is 2.32. The number of nitrogens with zero attached hydrogens (tertiary/aromatic N) is 1. The first kappa shape index (κ1) is 16.6. The summed E-state index contributed by atoms with van der Waals surface area (Å²) in [7, 11) is -3.20. The van der Waals surface area contributed by atoms with Crippen molar-refractivity contribution < 1.29 is 18.0 Å². The van der Waals surface area contributed by atoms with Crippen LogP contribution < -0.4 is 10.6 Å². The summed E-state index contributed by atoms with van der Waals surface area (Å²) < 4.78 is 22.3. The van der Waals surface area contributed by atoms with Crippen LogP contribution in [0.2, 0.25) is 0 Å². The van der Waals surface area contributed by atoms with E-state index in [0.29, 0.717) is 5.13 Å². The number of anilines is 1. The summed E-state index contributed by atoms with van der Waals surface area (Å²) in [5.41, 5.74) is 0.775. The van der Waals surface area contributed by atoms with Gasteiger partial charge in [-0.15, -0.1) is 11.3 Å². The Labute approximate surface area is 121 Å². The Morgan fingerprint density at radius 1 is 1.45 bits per heavy atom. The summed E-state index contributed by atoms with van der Waals surface area (Å²) >= 11 is 1.26. The van der Waals surface area contributed by atoms with Gasteiger partial charge >= 0.3 is 0 Å². The molecule has 2 N–H and O–H groups in total. The van der Waals surface area contributed by atoms with E-state index in [1.54, 1.807) is 12.3 Å². The Bertz CT molecular complexity index is 595. The first-order valence-electron chi connectivity index (χ1n) is 5.85. The van der Waals surface area contributed by atoms with Crippen LogP contribution >= 0.6 is 11.3 Å². The van der Waals surface area contributed by atoms with Gasteiger partial charge in [-0.2, -0.15) is 0 Å². The van der Waals surface area contributed by atoms with Crippen molar-refractivity contribution in [1.82, 2.24) is 10.3 Å². The predicted molar refractivity (Wildman–Crippen MR) is 77.4 cm³/mol. The number of rotatable bonds is 6. The van der Waals surface area contributed by atoms with Crippen LogP contribution in [0.4, 0.5) is 5.13 Å². The summed E-state index contributed by atoms with van der Waals surface area (Å²) in [5.74, 6) is -1.05. The van der Waals surface area contributed by atoms with Crippen molar-refractivity contribution in [3.63, 3.8) is 0 Å². The molecule has 112 valence electrons. The van der Waals surface area contributed by atoms with Crippen molar-refractivity contribution in [1.29, 1.82) is 0 Å². The van der Waals surface area contributed by atoms with E-state index in [-0.39, 0.29) is 12.2 Å². The van der Waals surface area contributed by atoms with Crippen molar-refractivity contribution in [2.45, 2.75) is 26.3 Å². The number of thiazole rings is 1. The van der Waals surface area contributed by atoms with Gasteiger partial charge < -0.3 is 10.6 Å². The van der Waals surface area contributed by atoms with Crippen LogP contribution in [0.5, 0.6) is 0 Å². The maximum absolute atomic E-state index is 12.0. The molecular weight excluding hydrogens is 302 g/mol. The number of carbonyl (C=O) groups is 2. The fourth-order valence-electron chi connectivity index (χ4n) is 1.45. The van der Waals surface area contributed by atoms with Crippen LogP contribution in [0, 0.1) is 6.92 Å². The van der Waals surface area contributed by atoms with Gasteiger partial charge in [-0.05, 0) is 13.3 Å². The van der Waals surface area contributed by atoms with Crippen molar-refractivity contribution in [3.05, 3.63) is 11.1 Å². The smallest absolute Gasteiger partial charge is 0.248 e. The van der Waals surface area contributed by atoms with Crippen LogP contribution in [-0.2, 0) is 19.4 Å². The Morgan fingerprint density at radius 2 is 2.10 bits per heavy atom. The van der Waals surface area contributed by atoms with Gasteiger partial charge in [-0.3, -0.25) is 9.59 Å². The molecule has 1 heterocycles. The molecule has 0 aliphatic carbocycles. The topological polar surface area (TPSA) is 105 Å². The molecule has 7 nitrogen and oxygen atoms in total. The van der Waals surface area contributed by atoms with Crippen LogP contribution in [0.3, 0.4) is 0 Å². The first-order valence-corrected chi connectivity index (χ1v) is 8.79. The van der Waals surface area contributed by atoms with Crippen LogP contribution in [0.15, 0.2) is 5.38 Å². The minimum atomic E-state index is -3.20. The van der Waals surface area contributed by atoms with Gasteiger partial charge in [0.15, 0.2) is 5.13 Å². The third kappa shape index (κ3) is 6.11. The molecule has 0 fully saturated rings. The van der Waals surface area contributed by atoms with Gasteiger partial charge in [0.1, 0.15) is 15.9 Å². The van der Waals surface area contributed by atoms with Gasteiger partial charge in [-0.25, -0.2) is 13.4 Å². The van der Waals surface area contributed by atoms with E-state index in [2.05, 4.69) is 15.6 Å². The molecule has 20 heavy (non-hydrogen) atoms. The summed E-state index contributed by atoms with van der Waals surface area (Å²) in [4.78, 5) is 27.2. The molecule has 1 rings (SSSR count). The predicted octanol–water partition coefficient (Wildman–Crippen LogP) is 0.329. The maximum Gasteiger partial charge on any atom is 0.248 e. The highest BCUT2D eigenvalue weighted by molar-refractivity contribution is 7.90. The van der Waals surface area contributed by atoms with Gasteiger partial charge in [-0.1, -0.05) is 0 Å². The monoisotopic (exact) mass is 319 g/mol. The van der Waals surface area contributed by atoms with Crippen LogP contribution in [0.1, 0.15) is 19.0 Å². The molecule has 0 bridgehead atoms. The van der Waals surface area contributed by atoms with Gasteiger partial charge in [0, 0.05) is 18.6 Å². The number of carbonyl (C=O) groups excluding carboxylic acids is 2. The van der Waals surface area contributed by atoms with E-state index < -0.39 is 27.7 Å². The molecule has 0 saturated heterocycles. The van der Waals surface area contributed by atoms with Gasteiger partial charge in [0.25, 0.3) is 0 Å². The standard InChI is InChI=1S/C11H17N3O4S2/c1-7-6-19-11(12-7)14-10(16)9(13-8(2)15)4-5-20(3,17)18/h6,9H,4-5H2,1-3H3,(H,13,15)(H,12,14,16)/t9-/m0/s1. The zero-order valence-corrected chi connectivity index (χ0v) is 13.1. The van der Waals surface area contributed by atoms with Crippen LogP contribution in [-0.4, -0.2) is 43.3 Å². The second-order valence-electron chi connectivity index (χ2n) is 4.45. The average Bonchev–Trinajstić information content (AvgIpc) is 2.68. The molecule has 0 aromatic carbocycles. The maximum atomic E-state index is 12.0. The molecular formula is C11H17N3O4S2. The summed E-state index contributed by atoms with van der Waals surface area (Å²) in [5, 5.41) is 7.20. The quantitative estimate of drug-likeness (QED) is 0.786. The highest BCUT2D eigenvalue weighted by Gasteiger charge is 2.22. The lowest BCUT2D eigenvalue weighted by molar-refractivity contribution is -0.125. The number of hydrogen-bond donors (Lipinski definition) is 2. The van der Waals surface area contributed by atoms with Crippen molar-refractivity contribution in [3.8, 4) is 0 Å². The average molecular weight is 319 g/mol. The van der Waals surface area contributed by atoms with E-state index >= 15 is 0 Å². The second-order valence-corrected chi connectivity index (χ2v) is 7.57. The van der Waals surface area contributed by atoms with Crippen molar-refractivity contribution >= 4 is 38.1 Å². The molecule has 0 aliphatic heterocycles. The molecule has 9 heteroatoms. The normalized spacial score (nSPS) is 12.8. The lowest BCUT2D eigenvalue weighted by Crippen LogP contribution is -2.43. The summed E-state index contributed by atoms with van der Waals surface area (Å²) in [6.45, 7) is 3.06. The highest BCUT2D eigenvalue weighted by atomic mass is 32.2. The first-order chi connectivity index (χ1) is 9.17. The van der Waals surface area contributed by atoms with E-state index in [1.807, 2.05) is 0 Å². The molecule has 0 saturated carbocycles.